The summed E-state index contributed by atoms with van der Waals surface area (Å²) in [4.78, 5) is 43.2. The first-order valence-electron chi connectivity index (χ1n) is 10.4. The third-order valence-electron chi connectivity index (χ3n) is 5.81. The summed E-state index contributed by atoms with van der Waals surface area (Å²) in [7, 11) is 3.30. The van der Waals surface area contributed by atoms with E-state index in [4.69, 9.17) is 16.3 Å². The molecule has 0 unspecified atom stereocenters. The molecule has 1 aliphatic carbocycles. The van der Waals surface area contributed by atoms with Crippen molar-refractivity contribution in [1.29, 1.82) is 0 Å². The molecular formula is C23H27ClN4O4. The first-order chi connectivity index (χ1) is 15.3. The zero-order valence-corrected chi connectivity index (χ0v) is 19.1. The highest BCUT2D eigenvalue weighted by molar-refractivity contribution is 6.30. The number of aromatic nitrogens is 1. The van der Waals surface area contributed by atoms with Crippen molar-refractivity contribution in [2.45, 2.75) is 38.6 Å². The molecule has 0 radical (unpaired) electrons. The number of carbonyl (C=O) groups is 3. The lowest BCUT2D eigenvalue weighted by Crippen LogP contribution is -2.40. The Morgan fingerprint density at radius 3 is 2.41 bits per heavy atom. The Kier molecular flexibility index (Phi) is 7.69. The Bertz CT molecular complexity index is 988. The summed E-state index contributed by atoms with van der Waals surface area (Å²) < 4.78 is 5.24. The second-order valence-electron chi connectivity index (χ2n) is 7.85. The molecule has 0 aliphatic heterocycles. The van der Waals surface area contributed by atoms with Crippen molar-refractivity contribution in [2.24, 2.45) is 5.92 Å². The molecule has 8 nitrogen and oxygen atoms in total. The van der Waals surface area contributed by atoms with Crippen LogP contribution < -0.4 is 15.4 Å². The normalized spacial score (nSPS) is 17.9. The zero-order valence-electron chi connectivity index (χ0n) is 18.4. The maximum Gasteiger partial charge on any atom is 0.259 e. The van der Waals surface area contributed by atoms with Crippen molar-refractivity contribution in [2.75, 3.05) is 24.8 Å². The van der Waals surface area contributed by atoms with Crippen LogP contribution in [0.4, 0.5) is 11.5 Å². The van der Waals surface area contributed by atoms with Gasteiger partial charge in [0, 0.05) is 32.1 Å². The molecule has 3 amide bonds. The molecule has 0 saturated heterocycles. The molecule has 1 aliphatic rings. The van der Waals surface area contributed by atoms with Crippen molar-refractivity contribution in [1.82, 2.24) is 9.88 Å². The number of nitrogens with zero attached hydrogens (tertiary/aromatic N) is 2. The second kappa shape index (κ2) is 10.5. The van der Waals surface area contributed by atoms with Gasteiger partial charge < -0.3 is 20.3 Å². The maximum atomic E-state index is 12.9. The van der Waals surface area contributed by atoms with Gasteiger partial charge in [-0.1, -0.05) is 11.6 Å². The first kappa shape index (κ1) is 23.5. The molecule has 9 heteroatoms. The van der Waals surface area contributed by atoms with Crippen molar-refractivity contribution in [3.05, 3.63) is 47.1 Å². The number of carbonyl (C=O) groups excluding carboxylic acids is 3. The van der Waals surface area contributed by atoms with E-state index in [-0.39, 0.29) is 29.3 Å². The largest absolute Gasteiger partial charge is 0.497 e. The number of nitrogens with one attached hydrogen (secondary N) is 2. The number of benzene rings is 1. The summed E-state index contributed by atoms with van der Waals surface area (Å²) in [6.07, 6.45) is 4.34. The molecule has 1 aromatic heterocycles. The minimum Gasteiger partial charge on any atom is -0.497 e. The van der Waals surface area contributed by atoms with Crippen LogP contribution in [0.3, 0.4) is 0 Å². The number of rotatable bonds is 6. The fourth-order valence-corrected chi connectivity index (χ4v) is 3.91. The van der Waals surface area contributed by atoms with E-state index in [1.54, 1.807) is 49.2 Å². The average molecular weight is 459 g/mol. The van der Waals surface area contributed by atoms with E-state index in [0.717, 1.165) is 12.8 Å². The Morgan fingerprint density at radius 2 is 1.81 bits per heavy atom. The summed E-state index contributed by atoms with van der Waals surface area (Å²) in [6, 6.07) is 8.28. The predicted molar refractivity (Wildman–Crippen MR) is 123 cm³/mol. The highest BCUT2D eigenvalue weighted by Crippen LogP contribution is 2.30. The van der Waals surface area contributed by atoms with Gasteiger partial charge in [0.05, 0.1) is 23.4 Å². The molecule has 0 bridgehead atoms. The lowest BCUT2D eigenvalue weighted by molar-refractivity contribution is -0.130. The molecule has 1 aromatic carbocycles. The summed E-state index contributed by atoms with van der Waals surface area (Å²) in [5, 5.41) is 6.06. The topological polar surface area (TPSA) is 101 Å². The van der Waals surface area contributed by atoms with Crippen LogP contribution in [0, 0.1) is 5.92 Å². The fraction of sp³-hybridized carbons (Fsp3) is 0.391. The minimum absolute atomic E-state index is 0.0296. The van der Waals surface area contributed by atoms with Gasteiger partial charge in [-0.15, -0.1) is 0 Å². The van der Waals surface area contributed by atoms with Gasteiger partial charge in [0.1, 0.15) is 11.6 Å². The maximum absolute atomic E-state index is 12.9. The third kappa shape index (κ3) is 5.76. The monoisotopic (exact) mass is 458 g/mol. The summed E-state index contributed by atoms with van der Waals surface area (Å²) in [5.41, 5.74) is 0.657. The van der Waals surface area contributed by atoms with Crippen molar-refractivity contribution in [3.63, 3.8) is 0 Å². The van der Waals surface area contributed by atoms with Gasteiger partial charge in [-0.2, -0.15) is 0 Å². The summed E-state index contributed by atoms with van der Waals surface area (Å²) >= 11 is 5.84. The average Bonchev–Trinajstić information content (AvgIpc) is 2.80. The van der Waals surface area contributed by atoms with Gasteiger partial charge in [0.25, 0.3) is 5.91 Å². The van der Waals surface area contributed by atoms with Gasteiger partial charge in [-0.25, -0.2) is 4.98 Å². The van der Waals surface area contributed by atoms with Crippen LogP contribution in [0.15, 0.2) is 36.5 Å². The van der Waals surface area contributed by atoms with E-state index in [1.165, 1.54) is 13.3 Å². The zero-order chi connectivity index (χ0) is 23.3. The highest BCUT2D eigenvalue weighted by atomic mass is 35.5. The van der Waals surface area contributed by atoms with Crippen LogP contribution >= 0.6 is 11.6 Å². The molecule has 2 N–H and O–H groups in total. The van der Waals surface area contributed by atoms with E-state index in [2.05, 4.69) is 15.6 Å². The molecule has 1 saturated carbocycles. The van der Waals surface area contributed by atoms with E-state index >= 15 is 0 Å². The van der Waals surface area contributed by atoms with Crippen LogP contribution in [-0.4, -0.2) is 47.8 Å². The van der Waals surface area contributed by atoms with Crippen molar-refractivity contribution >= 4 is 40.8 Å². The molecule has 0 spiro atoms. The quantitative estimate of drug-likeness (QED) is 0.682. The molecule has 1 heterocycles. The molecule has 170 valence electrons. The van der Waals surface area contributed by atoms with E-state index < -0.39 is 5.91 Å². The van der Waals surface area contributed by atoms with E-state index in [9.17, 15) is 14.4 Å². The lowest BCUT2D eigenvalue weighted by Gasteiger charge is -2.33. The molecule has 3 rings (SSSR count). The van der Waals surface area contributed by atoms with E-state index in [0.29, 0.717) is 35.1 Å². The van der Waals surface area contributed by atoms with Gasteiger partial charge in [0.15, 0.2) is 0 Å². The number of amides is 3. The summed E-state index contributed by atoms with van der Waals surface area (Å²) in [5.74, 6) is 0.112. The predicted octanol–water partition coefficient (Wildman–Crippen LogP) is 3.97. The van der Waals surface area contributed by atoms with Crippen LogP contribution in [0.5, 0.6) is 5.75 Å². The van der Waals surface area contributed by atoms with Gasteiger partial charge >= 0.3 is 0 Å². The molecule has 32 heavy (non-hydrogen) atoms. The van der Waals surface area contributed by atoms with Crippen LogP contribution in [0.1, 0.15) is 43.0 Å². The van der Waals surface area contributed by atoms with Gasteiger partial charge in [-0.3, -0.25) is 14.4 Å². The standard InChI is InChI=1S/C23H27ClN4O4/c1-14(29)28(2)17-7-4-15(5-8-17)22(30)26-20-10-9-18(32-3)12-19(20)23(31)27-21-11-6-16(24)13-25-21/h6,9-13,15,17H,4-5,7-8H2,1-3H3,(H,26,30)(H,25,27,31). The summed E-state index contributed by atoms with van der Waals surface area (Å²) in [6.45, 7) is 1.55. The number of hydrogen-bond donors (Lipinski definition) is 2. The number of pyridine rings is 1. The highest BCUT2D eigenvalue weighted by Gasteiger charge is 2.29. The fourth-order valence-electron chi connectivity index (χ4n) is 3.80. The Hall–Kier alpha value is -3.13. The smallest absolute Gasteiger partial charge is 0.259 e. The van der Waals surface area contributed by atoms with Gasteiger partial charge in [-0.05, 0) is 56.0 Å². The number of anilines is 2. The molecular weight excluding hydrogens is 432 g/mol. The van der Waals surface area contributed by atoms with Crippen LogP contribution in [0.25, 0.3) is 0 Å². The number of halogens is 1. The van der Waals surface area contributed by atoms with Gasteiger partial charge in [0.2, 0.25) is 11.8 Å². The number of hydrogen-bond acceptors (Lipinski definition) is 5. The SMILES string of the molecule is COc1ccc(NC(=O)C2CCC(N(C)C(C)=O)CC2)c(C(=O)Nc2ccc(Cl)cn2)c1. The second-order valence-corrected chi connectivity index (χ2v) is 8.29. The number of ether oxygens (including phenoxy) is 1. The Morgan fingerprint density at radius 1 is 1.09 bits per heavy atom. The molecule has 1 fully saturated rings. The minimum atomic E-state index is -0.430. The number of methoxy groups -OCH3 is 1. The first-order valence-corrected chi connectivity index (χ1v) is 10.8. The Balaban J connectivity index is 1.71. The lowest BCUT2D eigenvalue weighted by atomic mass is 9.84. The molecule has 2 aromatic rings. The Labute approximate surface area is 192 Å². The van der Waals surface area contributed by atoms with E-state index in [1.807, 2.05) is 0 Å². The van der Waals surface area contributed by atoms with Crippen LogP contribution in [0.2, 0.25) is 5.02 Å². The van der Waals surface area contributed by atoms with Crippen molar-refractivity contribution in [3.8, 4) is 5.75 Å². The van der Waals surface area contributed by atoms with Crippen LogP contribution in [-0.2, 0) is 9.59 Å². The third-order valence-corrected chi connectivity index (χ3v) is 6.03. The molecule has 0 atom stereocenters. The van der Waals surface area contributed by atoms with Crippen molar-refractivity contribution < 1.29 is 19.1 Å².